The Kier molecular flexibility index (Phi) is 5.78. The average molecular weight is 400 g/mol. The second-order valence-corrected chi connectivity index (χ2v) is 7.20. The van der Waals surface area contributed by atoms with Crippen molar-refractivity contribution in [3.63, 3.8) is 0 Å². The molecular weight excluding hydrogens is 375 g/mol. The van der Waals surface area contributed by atoms with Crippen LogP contribution in [0.15, 0.2) is 24.9 Å². The smallest absolute Gasteiger partial charge is 0.255 e. The molecular formula is C20H25FN6O2. The molecule has 29 heavy (non-hydrogen) atoms. The van der Waals surface area contributed by atoms with Crippen molar-refractivity contribution in [2.75, 3.05) is 5.73 Å². The van der Waals surface area contributed by atoms with Crippen LogP contribution in [0.2, 0.25) is 0 Å². The lowest BCUT2D eigenvalue weighted by atomic mass is 10.1. The van der Waals surface area contributed by atoms with Gasteiger partial charge in [0.1, 0.15) is 11.9 Å². The number of carbonyl (C=O) groups is 1. The fourth-order valence-corrected chi connectivity index (χ4v) is 3.41. The lowest BCUT2D eigenvalue weighted by Crippen LogP contribution is -2.39. The maximum Gasteiger partial charge on any atom is 0.255 e. The molecule has 2 aromatic heterocycles. The molecule has 3 aromatic rings. The number of amides is 1. The lowest BCUT2D eigenvalue weighted by molar-refractivity contribution is -0.138. The van der Waals surface area contributed by atoms with Gasteiger partial charge in [-0.25, -0.2) is 14.4 Å². The van der Waals surface area contributed by atoms with E-state index in [9.17, 15) is 14.3 Å². The van der Waals surface area contributed by atoms with Crippen molar-refractivity contribution in [1.29, 1.82) is 0 Å². The highest BCUT2D eigenvalue weighted by Gasteiger charge is 2.21. The fourth-order valence-electron chi connectivity index (χ4n) is 3.41. The van der Waals surface area contributed by atoms with Crippen molar-refractivity contribution >= 4 is 28.4 Å². The molecule has 2 heterocycles. The minimum atomic E-state index is -1.08. The minimum absolute atomic E-state index is 0.129. The van der Waals surface area contributed by atoms with Gasteiger partial charge in [-0.05, 0) is 57.5 Å². The zero-order valence-electron chi connectivity index (χ0n) is 16.8. The largest absolute Gasteiger partial charge is 0.384 e. The first-order valence-electron chi connectivity index (χ1n) is 9.46. The molecule has 0 fully saturated rings. The Morgan fingerprint density at radius 2 is 2.14 bits per heavy atom. The standard InChI is InChI=1S/C20H25FN6O2/c1-5-26(19(29)13(4)28)12(3)7-6-8-16-23-18-15-10-14(21)9-11(2)17(15)24-20(22)27(18)25-16/h5,9-10,12-13,28H,1,6-8H2,2-4H3,(H2,22,24)/t12-,13-/m0/s1. The van der Waals surface area contributed by atoms with Crippen molar-refractivity contribution in [3.8, 4) is 0 Å². The van der Waals surface area contributed by atoms with Crippen LogP contribution in [0.1, 0.15) is 38.1 Å². The monoisotopic (exact) mass is 400 g/mol. The number of aromatic nitrogens is 4. The Balaban J connectivity index is 1.79. The van der Waals surface area contributed by atoms with Gasteiger partial charge in [-0.1, -0.05) is 6.58 Å². The van der Waals surface area contributed by atoms with E-state index in [-0.39, 0.29) is 23.7 Å². The molecule has 0 aliphatic heterocycles. The highest BCUT2D eigenvalue weighted by atomic mass is 19.1. The molecule has 0 radical (unpaired) electrons. The van der Waals surface area contributed by atoms with Crippen LogP contribution in [-0.4, -0.2) is 47.6 Å². The summed E-state index contributed by atoms with van der Waals surface area (Å²) < 4.78 is 15.3. The second-order valence-electron chi connectivity index (χ2n) is 7.20. The van der Waals surface area contributed by atoms with Gasteiger partial charge in [0.2, 0.25) is 5.95 Å². The molecule has 0 saturated heterocycles. The summed E-state index contributed by atoms with van der Waals surface area (Å²) in [6, 6.07) is 2.66. The highest BCUT2D eigenvalue weighted by Crippen LogP contribution is 2.24. The van der Waals surface area contributed by atoms with Crippen LogP contribution in [-0.2, 0) is 11.2 Å². The number of rotatable bonds is 7. The van der Waals surface area contributed by atoms with Gasteiger partial charge in [0, 0.05) is 17.8 Å². The predicted octanol–water partition coefficient (Wildman–Crippen LogP) is 2.37. The van der Waals surface area contributed by atoms with E-state index in [1.807, 2.05) is 6.92 Å². The van der Waals surface area contributed by atoms with Gasteiger partial charge in [0.25, 0.3) is 5.91 Å². The van der Waals surface area contributed by atoms with Gasteiger partial charge in [-0.2, -0.15) is 4.52 Å². The van der Waals surface area contributed by atoms with Gasteiger partial charge in [0.15, 0.2) is 11.5 Å². The Morgan fingerprint density at radius 3 is 2.79 bits per heavy atom. The molecule has 0 aliphatic carbocycles. The van der Waals surface area contributed by atoms with E-state index in [0.29, 0.717) is 47.2 Å². The number of hydrogen-bond donors (Lipinski definition) is 2. The number of hydrogen-bond acceptors (Lipinski definition) is 6. The number of anilines is 1. The Bertz CT molecular complexity index is 1080. The predicted molar refractivity (Wildman–Crippen MR) is 109 cm³/mol. The van der Waals surface area contributed by atoms with E-state index >= 15 is 0 Å². The number of nitrogens with zero attached hydrogens (tertiary/aromatic N) is 5. The van der Waals surface area contributed by atoms with Crippen molar-refractivity contribution < 1.29 is 14.3 Å². The molecule has 2 atom stereocenters. The molecule has 9 heteroatoms. The third kappa shape index (κ3) is 4.04. The molecule has 0 bridgehead atoms. The number of nitrogens with two attached hydrogens (primary N) is 1. The Morgan fingerprint density at radius 1 is 1.41 bits per heavy atom. The molecule has 8 nitrogen and oxygen atoms in total. The molecule has 0 unspecified atom stereocenters. The van der Waals surface area contributed by atoms with Crippen LogP contribution < -0.4 is 5.73 Å². The molecule has 3 N–H and O–H groups in total. The quantitative estimate of drug-likeness (QED) is 0.630. The van der Waals surface area contributed by atoms with Crippen LogP contribution in [0, 0.1) is 12.7 Å². The summed E-state index contributed by atoms with van der Waals surface area (Å²) in [5.41, 5.74) is 7.76. The van der Waals surface area contributed by atoms with E-state index in [0.717, 1.165) is 0 Å². The number of halogens is 1. The topological polar surface area (TPSA) is 110 Å². The summed E-state index contributed by atoms with van der Waals surface area (Å²) in [7, 11) is 0. The van der Waals surface area contributed by atoms with Gasteiger partial charge in [-0.15, -0.1) is 5.10 Å². The van der Waals surface area contributed by atoms with Crippen molar-refractivity contribution in [1.82, 2.24) is 24.5 Å². The van der Waals surface area contributed by atoms with E-state index < -0.39 is 6.10 Å². The van der Waals surface area contributed by atoms with Crippen LogP contribution in [0.3, 0.4) is 0 Å². The lowest BCUT2D eigenvalue weighted by Gasteiger charge is -2.26. The van der Waals surface area contributed by atoms with Crippen LogP contribution in [0.4, 0.5) is 10.3 Å². The highest BCUT2D eigenvalue weighted by molar-refractivity contribution is 5.94. The van der Waals surface area contributed by atoms with Crippen molar-refractivity contribution in [3.05, 3.63) is 42.1 Å². The summed E-state index contributed by atoms with van der Waals surface area (Å²) in [6.07, 6.45) is 2.27. The zero-order valence-corrected chi connectivity index (χ0v) is 16.8. The summed E-state index contributed by atoms with van der Waals surface area (Å²) in [5, 5.41) is 14.5. The second kappa shape index (κ2) is 8.12. The molecule has 3 rings (SSSR count). The zero-order chi connectivity index (χ0) is 21.3. The molecule has 154 valence electrons. The summed E-state index contributed by atoms with van der Waals surface area (Å²) in [5.74, 6) is -0.00276. The van der Waals surface area contributed by atoms with Crippen molar-refractivity contribution in [2.45, 2.75) is 52.2 Å². The molecule has 1 aromatic carbocycles. The SMILES string of the molecule is C=CN(C(=O)[C@H](C)O)[C@@H](C)CCCc1nc2c3cc(F)cc(C)c3nc(N)n2n1. The first-order chi connectivity index (χ1) is 13.7. The van der Waals surface area contributed by atoms with Crippen LogP contribution >= 0.6 is 0 Å². The van der Waals surface area contributed by atoms with E-state index in [2.05, 4.69) is 21.6 Å². The van der Waals surface area contributed by atoms with Crippen LogP contribution in [0.25, 0.3) is 16.6 Å². The fraction of sp³-hybridized carbons (Fsp3) is 0.400. The number of benzene rings is 1. The number of aliphatic hydroxyl groups excluding tert-OH is 1. The van der Waals surface area contributed by atoms with E-state index in [1.54, 1.807) is 6.92 Å². The van der Waals surface area contributed by atoms with E-state index in [4.69, 9.17) is 5.73 Å². The Labute approximate surface area is 167 Å². The van der Waals surface area contributed by atoms with Crippen LogP contribution in [0.5, 0.6) is 0 Å². The molecule has 0 aliphatic rings. The number of carbonyl (C=O) groups excluding carboxylic acids is 1. The summed E-state index contributed by atoms with van der Waals surface area (Å²) in [6.45, 7) is 8.74. The normalized spacial score (nSPS) is 13.6. The number of fused-ring (bicyclic) bond motifs is 3. The number of nitrogen functional groups attached to an aromatic ring is 1. The summed E-state index contributed by atoms with van der Waals surface area (Å²) in [4.78, 5) is 22.3. The first-order valence-corrected chi connectivity index (χ1v) is 9.46. The molecule has 1 amide bonds. The Hall–Kier alpha value is -3.07. The van der Waals surface area contributed by atoms with Crippen molar-refractivity contribution in [2.24, 2.45) is 0 Å². The summed E-state index contributed by atoms with van der Waals surface area (Å²) >= 11 is 0. The van der Waals surface area contributed by atoms with Gasteiger partial charge in [0.05, 0.1) is 5.52 Å². The minimum Gasteiger partial charge on any atom is -0.384 e. The maximum absolute atomic E-state index is 13.9. The van der Waals surface area contributed by atoms with Gasteiger partial charge < -0.3 is 15.7 Å². The number of aliphatic hydroxyl groups is 1. The first kappa shape index (κ1) is 20.7. The molecule has 0 spiro atoms. The average Bonchev–Trinajstić information content (AvgIpc) is 3.08. The third-order valence-electron chi connectivity index (χ3n) is 4.91. The van der Waals surface area contributed by atoms with Gasteiger partial charge in [-0.3, -0.25) is 4.79 Å². The third-order valence-corrected chi connectivity index (χ3v) is 4.91. The number of aryl methyl sites for hydroxylation is 2. The van der Waals surface area contributed by atoms with Gasteiger partial charge >= 0.3 is 0 Å². The van der Waals surface area contributed by atoms with E-state index in [1.165, 1.54) is 34.7 Å². The molecule has 0 saturated carbocycles. The maximum atomic E-state index is 13.9.